The maximum atomic E-state index is 5.97. The predicted molar refractivity (Wildman–Crippen MR) is 76.5 cm³/mol. The van der Waals surface area contributed by atoms with Gasteiger partial charge in [0.1, 0.15) is 0 Å². The minimum atomic E-state index is 0.432. The maximum absolute atomic E-state index is 5.97. The van der Waals surface area contributed by atoms with Crippen LogP contribution in [-0.2, 0) is 6.42 Å². The summed E-state index contributed by atoms with van der Waals surface area (Å²) in [4.78, 5) is 2.55. The van der Waals surface area contributed by atoms with Crippen molar-refractivity contribution in [1.29, 1.82) is 0 Å². The van der Waals surface area contributed by atoms with E-state index in [1.807, 2.05) is 11.8 Å². The van der Waals surface area contributed by atoms with E-state index < -0.39 is 0 Å². The third-order valence-electron chi connectivity index (χ3n) is 3.54. The second-order valence-electron chi connectivity index (χ2n) is 4.58. The van der Waals surface area contributed by atoms with E-state index in [4.69, 9.17) is 5.73 Å². The van der Waals surface area contributed by atoms with E-state index in [2.05, 4.69) is 35.4 Å². The van der Waals surface area contributed by atoms with Crippen LogP contribution in [0.5, 0.6) is 0 Å². The Bertz CT molecular complexity index is 354. The Balaban J connectivity index is 2.06. The fourth-order valence-electron chi connectivity index (χ4n) is 2.66. The van der Waals surface area contributed by atoms with Crippen LogP contribution in [0.25, 0.3) is 0 Å². The van der Waals surface area contributed by atoms with E-state index in [0.29, 0.717) is 6.04 Å². The number of hydrogen-bond donors (Lipinski definition) is 1. The van der Waals surface area contributed by atoms with Gasteiger partial charge in [-0.1, -0.05) is 24.3 Å². The van der Waals surface area contributed by atoms with Crippen molar-refractivity contribution in [3.63, 3.8) is 0 Å². The Hall–Kier alpha value is -0.510. The molecule has 3 heteroatoms. The van der Waals surface area contributed by atoms with Crippen molar-refractivity contribution in [2.24, 2.45) is 5.73 Å². The first-order valence-electron chi connectivity index (χ1n) is 6.37. The molecule has 0 amide bonds. The van der Waals surface area contributed by atoms with Gasteiger partial charge in [0.15, 0.2) is 0 Å². The molecule has 1 atom stereocenters. The molecular weight excluding hydrogens is 228 g/mol. The summed E-state index contributed by atoms with van der Waals surface area (Å²) in [7, 11) is 0. The third kappa shape index (κ3) is 3.03. The summed E-state index contributed by atoms with van der Waals surface area (Å²) in [6.07, 6.45) is 4.61. The number of rotatable bonds is 5. The van der Waals surface area contributed by atoms with E-state index in [1.54, 1.807) is 0 Å². The fourth-order valence-corrected chi connectivity index (χ4v) is 3.08. The van der Waals surface area contributed by atoms with Crippen LogP contribution in [0.3, 0.4) is 0 Å². The van der Waals surface area contributed by atoms with Gasteiger partial charge in [-0.3, -0.25) is 4.90 Å². The molecule has 1 aliphatic heterocycles. The summed E-state index contributed by atoms with van der Waals surface area (Å²) in [6, 6.07) is 9.19. The van der Waals surface area contributed by atoms with Crippen molar-refractivity contribution >= 4 is 11.8 Å². The van der Waals surface area contributed by atoms with E-state index in [-0.39, 0.29) is 0 Å². The van der Waals surface area contributed by atoms with Crippen molar-refractivity contribution in [1.82, 2.24) is 4.90 Å². The zero-order valence-electron chi connectivity index (χ0n) is 10.6. The van der Waals surface area contributed by atoms with E-state index in [9.17, 15) is 0 Å². The summed E-state index contributed by atoms with van der Waals surface area (Å²) in [5, 5.41) is 0. The van der Waals surface area contributed by atoms with Crippen LogP contribution < -0.4 is 5.73 Å². The number of benzene rings is 1. The number of hydrogen-bond acceptors (Lipinski definition) is 3. The van der Waals surface area contributed by atoms with Gasteiger partial charge >= 0.3 is 0 Å². The van der Waals surface area contributed by atoms with Crippen LogP contribution in [0.15, 0.2) is 24.3 Å². The Morgan fingerprint density at radius 2 is 2.24 bits per heavy atom. The fraction of sp³-hybridized carbons (Fsp3) is 0.571. The lowest BCUT2D eigenvalue weighted by atomic mass is 9.92. The average molecular weight is 250 g/mol. The summed E-state index contributed by atoms with van der Waals surface area (Å²) in [6.45, 7) is 3.07. The van der Waals surface area contributed by atoms with Crippen molar-refractivity contribution in [3.8, 4) is 0 Å². The Morgan fingerprint density at radius 3 is 3.00 bits per heavy atom. The van der Waals surface area contributed by atoms with Crippen LogP contribution >= 0.6 is 11.8 Å². The van der Waals surface area contributed by atoms with Gasteiger partial charge in [-0.2, -0.15) is 11.8 Å². The minimum Gasteiger partial charge on any atom is -0.329 e. The molecule has 1 heterocycles. The monoisotopic (exact) mass is 250 g/mol. The Morgan fingerprint density at radius 1 is 1.41 bits per heavy atom. The molecule has 0 aromatic heterocycles. The standard InChI is InChI=1S/C14H22N2S/c1-17-10-4-8-16-9-7-12-5-2-3-6-13(12)14(16)11-15/h2-3,5-6,14H,4,7-11,15H2,1H3. The van der Waals surface area contributed by atoms with Crippen LogP contribution in [-0.4, -0.2) is 36.5 Å². The first-order valence-corrected chi connectivity index (χ1v) is 7.77. The highest BCUT2D eigenvalue weighted by atomic mass is 32.2. The molecule has 17 heavy (non-hydrogen) atoms. The molecule has 1 aromatic rings. The molecule has 0 spiro atoms. The highest BCUT2D eigenvalue weighted by molar-refractivity contribution is 7.98. The molecule has 1 aromatic carbocycles. The maximum Gasteiger partial charge on any atom is 0.0473 e. The second-order valence-corrected chi connectivity index (χ2v) is 5.57. The molecule has 0 fully saturated rings. The zero-order valence-corrected chi connectivity index (χ0v) is 11.4. The highest BCUT2D eigenvalue weighted by Crippen LogP contribution is 2.28. The molecule has 2 rings (SSSR count). The summed E-state index contributed by atoms with van der Waals surface area (Å²) in [5.41, 5.74) is 8.91. The number of fused-ring (bicyclic) bond motifs is 1. The lowest BCUT2D eigenvalue weighted by Crippen LogP contribution is -2.40. The molecule has 0 aliphatic carbocycles. The van der Waals surface area contributed by atoms with Crippen molar-refractivity contribution in [2.45, 2.75) is 18.9 Å². The summed E-state index contributed by atoms with van der Waals surface area (Å²) >= 11 is 1.93. The first-order chi connectivity index (χ1) is 8.36. The smallest absolute Gasteiger partial charge is 0.0473 e. The normalized spacial score (nSPS) is 20.2. The van der Waals surface area contributed by atoms with Crippen molar-refractivity contribution in [2.75, 3.05) is 31.6 Å². The molecule has 1 aliphatic rings. The molecule has 2 N–H and O–H groups in total. The van der Waals surface area contributed by atoms with Crippen LogP contribution in [0, 0.1) is 0 Å². The number of thioether (sulfide) groups is 1. The molecule has 2 nitrogen and oxygen atoms in total. The topological polar surface area (TPSA) is 29.3 Å². The first kappa shape index (κ1) is 12.9. The lowest BCUT2D eigenvalue weighted by Gasteiger charge is -2.36. The van der Waals surface area contributed by atoms with E-state index in [0.717, 1.165) is 13.1 Å². The summed E-state index contributed by atoms with van der Waals surface area (Å²) in [5.74, 6) is 1.25. The zero-order chi connectivity index (χ0) is 12.1. The molecule has 0 radical (unpaired) electrons. The Kier molecular flexibility index (Phi) is 4.89. The minimum absolute atomic E-state index is 0.432. The van der Waals surface area contributed by atoms with Gasteiger partial charge in [0.2, 0.25) is 0 Å². The van der Waals surface area contributed by atoms with E-state index >= 15 is 0 Å². The van der Waals surface area contributed by atoms with Gasteiger partial charge in [-0.25, -0.2) is 0 Å². The number of nitrogens with two attached hydrogens (primary N) is 1. The molecule has 1 unspecified atom stereocenters. The van der Waals surface area contributed by atoms with Gasteiger partial charge in [0.25, 0.3) is 0 Å². The van der Waals surface area contributed by atoms with Gasteiger partial charge in [0.05, 0.1) is 0 Å². The van der Waals surface area contributed by atoms with Crippen molar-refractivity contribution < 1.29 is 0 Å². The molecular formula is C14H22N2S. The van der Waals surface area contributed by atoms with Gasteiger partial charge < -0.3 is 5.73 Å². The van der Waals surface area contributed by atoms with Crippen molar-refractivity contribution in [3.05, 3.63) is 35.4 Å². The van der Waals surface area contributed by atoms with Crippen LogP contribution in [0.2, 0.25) is 0 Å². The highest BCUT2D eigenvalue weighted by Gasteiger charge is 2.25. The third-order valence-corrected chi connectivity index (χ3v) is 4.24. The predicted octanol–water partition coefficient (Wildman–Crippen LogP) is 2.30. The Labute approximate surface area is 109 Å². The lowest BCUT2D eigenvalue weighted by molar-refractivity contribution is 0.190. The molecule has 0 saturated heterocycles. The molecule has 94 valence electrons. The van der Waals surface area contributed by atoms with Gasteiger partial charge in [-0.05, 0) is 42.5 Å². The van der Waals surface area contributed by atoms with Gasteiger partial charge in [-0.15, -0.1) is 0 Å². The molecule has 0 saturated carbocycles. The summed E-state index contributed by atoms with van der Waals surface area (Å²) < 4.78 is 0. The van der Waals surface area contributed by atoms with Gasteiger partial charge in [0, 0.05) is 19.1 Å². The second kappa shape index (κ2) is 6.43. The van der Waals surface area contributed by atoms with Crippen LogP contribution in [0.4, 0.5) is 0 Å². The number of nitrogens with zero attached hydrogens (tertiary/aromatic N) is 1. The quantitative estimate of drug-likeness (QED) is 0.813. The van der Waals surface area contributed by atoms with Crippen LogP contribution in [0.1, 0.15) is 23.6 Å². The molecule has 0 bridgehead atoms. The SMILES string of the molecule is CSCCCN1CCc2ccccc2C1CN. The van der Waals surface area contributed by atoms with E-state index in [1.165, 1.54) is 36.3 Å². The largest absolute Gasteiger partial charge is 0.329 e. The average Bonchev–Trinajstić information content (AvgIpc) is 2.38.